The number of nitrogens with zero attached hydrogens (tertiary/aromatic N) is 6. The van der Waals surface area contributed by atoms with Gasteiger partial charge in [0.1, 0.15) is 11.6 Å². The molecule has 3 atom stereocenters. The second-order valence-corrected chi connectivity index (χ2v) is 8.91. The summed E-state index contributed by atoms with van der Waals surface area (Å²) >= 11 is 0. The molecule has 162 valence electrons. The first kappa shape index (κ1) is 18.9. The van der Waals surface area contributed by atoms with Gasteiger partial charge in [-0.15, -0.1) is 10.2 Å². The third-order valence-corrected chi connectivity index (χ3v) is 7.07. The molecule has 0 spiro atoms. The normalized spacial score (nSPS) is 24.5. The minimum absolute atomic E-state index is 0.355. The van der Waals surface area contributed by atoms with Crippen molar-refractivity contribution in [3.8, 4) is 0 Å². The molecule has 9 heteroatoms. The Bertz CT molecular complexity index is 1210. The van der Waals surface area contributed by atoms with E-state index < -0.39 is 0 Å². The number of aromatic nitrogens is 6. The average molecular weight is 422 g/mol. The van der Waals surface area contributed by atoms with E-state index >= 15 is 0 Å². The lowest BCUT2D eigenvalue weighted by Crippen LogP contribution is -2.52. The van der Waals surface area contributed by atoms with Crippen LogP contribution in [0.2, 0.25) is 0 Å². The van der Waals surface area contributed by atoms with E-state index in [1.807, 2.05) is 19.2 Å². The molecule has 1 saturated heterocycles. The van der Waals surface area contributed by atoms with Crippen LogP contribution in [0, 0.1) is 12.8 Å². The predicted octanol–water partition coefficient (Wildman–Crippen LogP) is 3.08. The summed E-state index contributed by atoms with van der Waals surface area (Å²) < 4.78 is 13.1. The maximum absolute atomic E-state index is 5.55. The Morgan fingerprint density at radius 3 is 2.87 bits per heavy atom. The number of aryl methyl sites for hydroxylation is 1. The SMILES string of the molecule is CC[C@@H]1C[C@H](N(Cc2cc(C)on2)C2COC2)C[C@@H]1c1nnc2cnc3[nH]ccc3n12. The van der Waals surface area contributed by atoms with Gasteiger partial charge in [-0.25, -0.2) is 4.98 Å². The van der Waals surface area contributed by atoms with Gasteiger partial charge in [0.2, 0.25) is 0 Å². The van der Waals surface area contributed by atoms with Gasteiger partial charge in [0.25, 0.3) is 0 Å². The van der Waals surface area contributed by atoms with Gasteiger partial charge in [0, 0.05) is 30.8 Å². The second kappa shape index (κ2) is 7.42. The van der Waals surface area contributed by atoms with Crippen LogP contribution in [-0.4, -0.2) is 59.9 Å². The van der Waals surface area contributed by atoms with Crippen LogP contribution < -0.4 is 0 Å². The van der Waals surface area contributed by atoms with E-state index in [1.165, 1.54) is 0 Å². The Morgan fingerprint density at radius 1 is 1.23 bits per heavy atom. The zero-order chi connectivity index (χ0) is 20.9. The molecule has 1 aliphatic carbocycles. The summed E-state index contributed by atoms with van der Waals surface area (Å²) in [6.45, 7) is 6.61. The van der Waals surface area contributed by atoms with Gasteiger partial charge >= 0.3 is 0 Å². The van der Waals surface area contributed by atoms with Gasteiger partial charge in [0.15, 0.2) is 11.3 Å². The van der Waals surface area contributed by atoms with Crippen LogP contribution in [0.5, 0.6) is 0 Å². The Hall–Kier alpha value is -2.78. The van der Waals surface area contributed by atoms with Crippen molar-refractivity contribution >= 4 is 16.8 Å². The van der Waals surface area contributed by atoms with Gasteiger partial charge in [0.05, 0.1) is 36.7 Å². The van der Waals surface area contributed by atoms with Crippen molar-refractivity contribution in [2.75, 3.05) is 13.2 Å². The first-order valence-corrected chi connectivity index (χ1v) is 11.1. The lowest BCUT2D eigenvalue weighted by Gasteiger charge is -2.40. The molecule has 0 radical (unpaired) electrons. The number of H-pyrrole nitrogens is 1. The van der Waals surface area contributed by atoms with Crippen LogP contribution in [0.3, 0.4) is 0 Å². The van der Waals surface area contributed by atoms with Crippen molar-refractivity contribution in [1.29, 1.82) is 0 Å². The van der Waals surface area contributed by atoms with E-state index in [0.717, 1.165) is 73.1 Å². The molecule has 4 aromatic heterocycles. The predicted molar refractivity (Wildman–Crippen MR) is 114 cm³/mol. The molecule has 0 amide bonds. The highest BCUT2D eigenvalue weighted by molar-refractivity contribution is 5.74. The molecule has 1 saturated carbocycles. The number of hydrogen-bond acceptors (Lipinski definition) is 7. The molecule has 0 unspecified atom stereocenters. The fraction of sp³-hybridized carbons (Fsp3) is 0.545. The first-order valence-electron chi connectivity index (χ1n) is 11.1. The largest absolute Gasteiger partial charge is 0.378 e. The fourth-order valence-electron chi connectivity index (χ4n) is 5.42. The summed E-state index contributed by atoms with van der Waals surface area (Å²) in [6, 6.07) is 4.99. The Morgan fingerprint density at radius 2 is 2.13 bits per heavy atom. The van der Waals surface area contributed by atoms with Crippen molar-refractivity contribution in [2.24, 2.45) is 5.92 Å². The van der Waals surface area contributed by atoms with E-state index in [1.54, 1.807) is 6.20 Å². The van der Waals surface area contributed by atoms with Gasteiger partial charge in [-0.3, -0.25) is 9.30 Å². The highest BCUT2D eigenvalue weighted by atomic mass is 16.5. The number of nitrogens with one attached hydrogen (secondary N) is 1. The van der Waals surface area contributed by atoms with E-state index in [2.05, 4.69) is 47.6 Å². The van der Waals surface area contributed by atoms with Crippen LogP contribution in [-0.2, 0) is 11.3 Å². The summed E-state index contributed by atoms with van der Waals surface area (Å²) in [5.74, 6) is 2.82. The Labute approximate surface area is 179 Å². The van der Waals surface area contributed by atoms with Crippen molar-refractivity contribution in [3.05, 3.63) is 41.8 Å². The number of rotatable bonds is 6. The Balaban J connectivity index is 1.34. The van der Waals surface area contributed by atoms with E-state index in [-0.39, 0.29) is 0 Å². The van der Waals surface area contributed by atoms with Crippen LogP contribution in [0.25, 0.3) is 16.8 Å². The number of fused-ring (bicyclic) bond motifs is 3. The van der Waals surface area contributed by atoms with Crippen molar-refractivity contribution < 1.29 is 9.26 Å². The zero-order valence-corrected chi connectivity index (χ0v) is 17.9. The van der Waals surface area contributed by atoms with Crippen molar-refractivity contribution in [2.45, 2.75) is 57.7 Å². The number of hydrogen-bond donors (Lipinski definition) is 1. The summed E-state index contributed by atoms with van der Waals surface area (Å²) in [6.07, 6.45) is 7.04. The standard InChI is InChI=1S/C22H27N7O2/c1-3-14-7-16(28(17-11-30-12-17)10-15-6-13(2)31-27-15)8-18(14)22-26-25-20-9-24-21-19(29(20)22)4-5-23-21/h4-6,9,14,16-18,23H,3,7-8,10-12H2,1-2H3/t14-,16+,18+/m1/s1. The summed E-state index contributed by atoms with van der Waals surface area (Å²) in [5, 5.41) is 13.3. The molecule has 4 aromatic rings. The minimum Gasteiger partial charge on any atom is -0.378 e. The van der Waals surface area contributed by atoms with Gasteiger partial charge in [-0.05, 0) is 31.7 Å². The lowest BCUT2D eigenvalue weighted by atomic mass is 9.93. The molecular weight excluding hydrogens is 394 g/mol. The van der Waals surface area contributed by atoms with Crippen molar-refractivity contribution in [3.63, 3.8) is 0 Å². The molecule has 1 N–H and O–H groups in total. The fourth-order valence-corrected chi connectivity index (χ4v) is 5.42. The van der Waals surface area contributed by atoms with E-state index in [9.17, 15) is 0 Å². The van der Waals surface area contributed by atoms with Gasteiger partial charge in [-0.1, -0.05) is 18.5 Å². The van der Waals surface area contributed by atoms with Crippen LogP contribution in [0.15, 0.2) is 29.0 Å². The molecule has 31 heavy (non-hydrogen) atoms. The second-order valence-electron chi connectivity index (χ2n) is 8.91. The third kappa shape index (κ3) is 3.14. The van der Waals surface area contributed by atoms with Gasteiger partial charge < -0.3 is 14.2 Å². The molecule has 5 heterocycles. The zero-order valence-electron chi connectivity index (χ0n) is 17.9. The molecule has 0 aromatic carbocycles. The van der Waals surface area contributed by atoms with E-state index in [4.69, 9.17) is 9.26 Å². The summed E-state index contributed by atoms with van der Waals surface area (Å²) in [4.78, 5) is 10.3. The molecule has 2 aliphatic rings. The highest BCUT2D eigenvalue weighted by Gasteiger charge is 2.42. The van der Waals surface area contributed by atoms with Crippen LogP contribution in [0.1, 0.15) is 49.4 Å². The highest BCUT2D eigenvalue weighted by Crippen LogP contribution is 2.44. The van der Waals surface area contributed by atoms with Gasteiger partial charge in [-0.2, -0.15) is 0 Å². The molecule has 2 fully saturated rings. The quantitative estimate of drug-likeness (QED) is 0.511. The minimum atomic E-state index is 0.355. The maximum atomic E-state index is 5.55. The van der Waals surface area contributed by atoms with E-state index in [0.29, 0.717) is 23.9 Å². The molecule has 1 aliphatic heterocycles. The third-order valence-electron chi connectivity index (χ3n) is 7.07. The smallest absolute Gasteiger partial charge is 0.179 e. The first-order chi connectivity index (χ1) is 15.2. The Kier molecular flexibility index (Phi) is 4.53. The monoisotopic (exact) mass is 421 g/mol. The van der Waals surface area contributed by atoms with Crippen molar-refractivity contribution in [1.82, 2.24) is 34.6 Å². The van der Waals surface area contributed by atoms with Crippen LogP contribution >= 0.6 is 0 Å². The molecule has 9 nitrogen and oxygen atoms in total. The maximum Gasteiger partial charge on any atom is 0.179 e. The summed E-state index contributed by atoms with van der Waals surface area (Å²) in [5.41, 5.74) is 3.71. The molecular formula is C22H27N7O2. The van der Waals surface area contributed by atoms with Crippen LogP contribution in [0.4, 0.5) is 0 Å². The lowest BCUT2D eigenvalue weighted by molar-refractivity contribution is -0.0834. The number of ether oxygens (including phenoxy) is 1. The number of aromatic amines is 1. The molecule has 0 bridgehead atoms. The molecule has 6 rings (SSSR count). The average Bonchev–Trinajstić information content (AvgIpc) is 3.50. The topological polar surface area (TPSA) is 97.4 Å². The summed E-state index contributed by atoms with van der Waals surface area (Å²) in [7, 11) is 0.